The zero-order chi connectivity index (χ0) is 17.5. The number of methoxy groups -OCH3 is 1. The number of aliphatic carboxylic acids is 1. The zero-order valence-corrected chi connectivity index (χ0v) is 12.8. The molecule has 2 aromatic rings. The molecule has 7 nitrogen and oxygen atoms in total. The van der Waals surface area contributed by atoms with E-state index >= 15 is 0 Å². The van der Waals surface area contributed by atoms with Gasteiger partial charge in [-0.3, -0.25) is 10.1 Å². The fraction of sp³-hybridized carbons (Fsp3) is 0.118. The van der Waals surface area contributed by atoms with Crippen LogP contribution in [0.2, 0.25) is 0 Å². The number of carboxylic acid groups (broad SMARTS) is 1. The molecule has 0 fully saturated rings. The van der Waals surface area contributed by atoms with Crippen molar-refractivity contribution in [1.29, 1.82) is 0 Å². The van der Waals surface area contributed by atoms with E-state index in [0.717, 1.165) is 11.6 Å². The predicted molar refractivity (Wildman–Crippen MR) is 87.1 cm³/mol. The summed E-state index contributed by atoms with van der Waals surface area (Å²) in [4.78, 5) is 21.3. The van der Waals surface area contributed by atoms with E-state index in [2.05, 4.69) is 0 Å². The average molecular weight is 329 g/mol. The molecule has 2 aromatic carbocycles. The third-order valence-electron chi connectivity index (χ3n) is 3.12. The number of carboxylic acids is 1. The zero-order valence-electron chi connectivity index (χ0n) is 12.8. The standard InChI is InChI=1S/C17H15NO6/c1-23-15-10-13(7-8-16(19)20)9-14(18(21)22)17(15)24-11-12-5-3-2-4-6-12/h2-10H,11H2,1H3,(H,19,20)/b8-7+. The van der Waals surface area contributed by atoms with Crippen molar-refractivity contribution < 1.29 is 24.3 Å². The van der Waals surface area contributed by atoms with Gasteiger partial charge in [-0.05, 0) is 23.3 Å². The van der Waals surface area contributed by atoms with Crippen LogP contribution in [0.5, 0.6) is 11.5 Å². The van der Waals surface area contributed by atoms with Crippen LogP contribution in [0.25, 0.3) is 6.08 Å². The van der Waals surface area contributed by atoms with Crippen molar-refractivity contribution in [2.45, 2.75) is 6.61 Å². The molecule has 0 aliphatic carbocycles. The van der Waals surface area contributed by atoms with Crippen molar-refractivity contribution >= 4 is 17.7 Å². The molecule has 0 radical (unpaired) electrons. The van der Waals surface area contributed by atoms with Gasteiger partial charge in [-0.25, -0.2) is 4.79 Å². The lowest BCUT2D eigenvalue weighted by Gasteiger charge is -2.12. The first-order valence-corrected chi connectivity index (χ1v) is 6.95. The van der Waals surface area contributed by atoms with Crippen LogP contribution in [0.3, 0.4) is 0 Å². The fourth-order valence-electron chi connectivity index (χ4n) is 2.03. The van der Waals surface area contributed by atoms with Crippen molar-refractivity contribution in [1.82, 2.24) is 0 Å². The largest absolute Gasteiger partial charge is 0.493 e. The minimum absolute atomic E-state index is 0.00109. The number of carbonyl (C=O) groups is 1. The second kappa shape index (κ2) is 7.77. The van der Waals surface area contributed by atoms with E-state index in [4.69, 9.17) is 14.6 Å². The lowest BCUT2D eigenvalue weighted by atomic mass is 10.1. The number of nitro groups is 1. The molecule has 0 saturated heterocycles. The van der Waals surface area contributed by atoms with Gasteiger partial charge < -0.3 is 14.6 Å². The smallest absolute Gasteiger partial charge is 0.328 e. The maximum absolute atomic E-state index is 11.3. The summed E-state index contributed by atoms with van der Waals surface area (Å²) in [5.74, 6) is -0.995. The Morgan fingerprint density at radius 1 is 1.29 bits per heavy atom. The molecule has 0 aliphatic heterocycles. The van der Waals surface area contributed by atoms with Gasteiger partial charge in [0.05, 0.1) is 12.0 Å². The molecular weight excluding hydrogens is 314 g/mol. The lowest BCUT2D eigenvalue weighted by molar-refractivity contribution is -0.386. The normalized spacial score (nSPS) is 10.5. The van der Waals surface area contributed by atoms with Crippen molar-refractivity contribution in [2.75, 3.05) is 7.11 Å². The van der Waals surface area contributed by atoms with Gasteiger partial charge in [-0.2, -0.15) is 0 Å². The molecule has 124 valence electrons. The Balaban J connectivity index is 2.37. The summed E-state index contributed by atoms with van der Waals surface area (Å²) in [6.07, 6.45) is 2.14. The summed E-state index contributed by atoms with van der Waals surface area (Å²) >= 11 is 0. The Labute approximate surface area is 137 Å². The number of nitrogens with zero attached hydrogens (tertiary/aromatic N) is 1. The number of rotatable bonds is 7. The second-order valence-corrected chi connectivity index (χ2v) is 4.77. The van der Waals surface area contributed by atoms with Gasteiger partial charge in [0.1, 0.15) is 6.61 Å². The van der Waals surface area contributed by atoms with Crippen LogP contribution in [0.4, 0.5) is 5.69 Å². The molecule has 0 spiro atoms. The summed E-state index contributed by atoms with van der Waals surface area (Å²) in [5.41, 5.74) is 0.882. The molecule has 0 aliphatic rings. The van der Waals surface area contributed by atoms with E-state index < -0.39 is 10.9 Å². The van der Waals surface area contributed by atoms with E-state index in [1.165, 1.54) is 25.3 Å². The van der Waals surface area contributed by atoms with E-state index in [9.17, 15) is 14.9 Å². The van der Waals surface area contributed by atoms with Gasteiger partial charge in [-0.15, -0.1) is 0 Å². The summed E-state index contributed by atoms with van der Waals surface area (Å²) in [5, 5.41) is 20.0. The molecule has 1 N–H and O–H groups in total. The predicted octanol–water partition coefficient (Wildman–Crippen LogP) is 3.28. The number of hydrogen-bond acceptors (Lipinski definition) is 5. The molecule has 2 rings (SSSR count). The molecule has 0 unspecified atom stereocenters. The van der Waals surface area contributed by atoms with Crippen LogP contribution < -0.4 is 9.47 Å². The average Bonchev–Trinajstić information content (AvgIpc) is 2.58. The fourth-order valence-corrected chi connectivity index (χ4v) is 2.03. The molecule has 0 saturated carbocycles. The number of benzene rings is 2. The minimum Gasteiger partial charge on any atom is -0.493 e. The summed E-state index contributed by atoms with van der Waals surface area (Å²) < 4.78 is 10.7. The quantitative estimate of drug-likeness (QED) is 0.475. The van der Waals surface area contributed by atoms with Crippen LogP contribution in [-0.2, 0) is 11.4 Å². The highest BCUT2D eigenvalue weighted by Crippen LogP contribution is 2.39. The van der Waals surface area contributed by atoms with Crippen LogP contribution in [0, 0.1) is 10.1 Å². The second-order valence-electron chi connectivity index (χ2n) is 4.77. The Bertz CT molecular complexity index is 770. The van der Waals surface area contributed by atoms with E-state index in [0.29, 0.717) is 5.56 Å². The van der Waals surface area contributed by atoms with Crippen LogP contribution in [0.1, 0.15) is 11.1 Å². The molecule has 0 aromatic heterocycles. The first-order chi connectivity index (χ1) is 11.5. The summed E-state index contributed by atoms with van der Waals surface area (Å²) in [6.45, 7) is 0.141. The van der Waals surface area contributed by atoms with Crippen LogP contribution in [0.15, 0.2) is 48.5 Å². The Hall–Kier alpha value is -3.35. The SMILES string of the molecule is COc1cc(/C=C/C(=O)O)cc([N+](=O)[O-])c1OCc1ccccc1. The maximum Gasteiger partial charge on any atom is 0.328 e. The summed E-state index contributed by atoms with van der Waals surface area (Å²) in [7, 11) is 1.36. The molecule has 0 atom stereocenters. The van der Waals surface area contributed by atoms with Gasteiger partial charge in [0, 0.05) is 12.1 Å². The van der Waals surface area contributed by atoms with E-state index in [1.807, 2.05) is 30.3 Å². The highest BCUT2D eigenvalue weighted by atomic mass is 16.6. The topological polar surface area (TPSA) is 98.9 Å². The number of ether oxygens (including phenoxy) is 2. The Morgan fingerprint density at radius 2 is 2.00 bits per heavy atom. The van der Waals surface area contributed by atoms with Crippen molar-refractivity contribution in [3.05, 3.63) is 69.8 Å². The highest BCUT2D eigenvalue weighted by Gasteiger charge is 2.22. The first-order valence-electron chi connectivity index (χ1n) is 6.95. The van der Waals surface area contributed by atoms with Crippen LogP contribution >= 0.6 is 0 Å². The van der Waals surface area contributed by atoms with Gasteiger partial charge in [0.2, 0.25) is 5.75 Å². The number of hydrogen-bond donors (Lipinski definition) is 1. The van der Waals surface area contributed by atoms with Gasteiger partial charge >= 0.3 is 11.7 Å². The summed E-state index contributed by atoms with van der Waals surface area (Å²) in [6, 6.07) is 11.9. The maximum atomic E-state index is 11.3. The third kappa shape index (κ3) is 4.33. The van der Waals surface area contributed by atoms with E-state index in [1.54, 1.807) is 0 Å². The minimum atomic E-state index is -1.15. The Kier molecular flexibility index (Phi) is 5.51. The molecule has 24 heavy (non-hydrogen) atoms. The van der Waals surface area contributed by atoms with Crippen molar-refractivity contribution in [3.63, 3.8) is 0 Å². The molecular formula is C17H15NO6. The molecule has 0 bridgehead atoms. The molecule has 7 heteroatoms. The van der Waals surface area contributed by atoms with E-state index in [-0.39, 0.29) is 23.8 Å². The van der Waals surface area contributed by atoms with Gasteiger partial charge in [0.15, 0.2) is 5.75 Å². The monoisotopic (exact) mass is 329 g/mol. The first kappa shape index (κ1) is 17.0. The van der Waals surface area contributed by atoms with Crippen molar-refractivity contribution in [3.8, 4) is 11.5 Å². The van der Waals surface area contributed by atoms with Gasteiger partial charge in [-0.1, -0.05) is 30.3 Å². The van der Waals surface area contributed by atoms with Crippen molar-refractivity contribution in [2.24, 2.45) is 0 Å². The van der Waals surface area contributed by atoms with Crippen LogP contribution in [-0.4, -0.2) is 23.1 Å². The third-order valence-corrected chi connectivity index (χ3v) is 3.12. The Morgan fingerprint density at radius 3 is 2.58 bits per heavy atom. The highest BCUT2D eigenvalue weighted by molar-refractivity contribution is 5.85. The lowest BCUT2D eigenvalue weighted by Crippen LogP contribution is -2.02. The molecule has 0 amide bonds. The number of nitro benzene ring substituents is 1. The van der Waals surface area contributed by atoms with Gasteiger partial charge in [0.25, 0.3) is 0 Å². The molecule has 0 heterocycles.